The van der Waals surface area contributed by atoms with Gasteiger partial charge in [-0.05, 0) is 75.0 Å². The van der Waals surface area contributed by atoms with Crippen molar-refractivity contribution in [1.82, 2.24) is 10.2 Å². The van der Waals surface area contributed by atoms with Crippen molar-refractivity contribution in [3.05, 3.63) is 29.3 Å². The third-order valence-electron chi connectivity index (χ3n) is 5.44. The molecule has 2 saturated heterocycles. The first-order valence-corrected chi connectivity index (χ1v) is 9.58. The fraction of sp³-hybridized carbons (Fsp3) is 0.611. The average molecular weight is 350 g/mol. The maximum Gasteiger partial charge on any atom is 0.170 e. The van der Waals surface area contributed by atoms with Gasteiger partial charge in [-0.3, -0.25) is 4.90 Å². The molecule has 1 aromatic carbocycles. The van der Waals surface area contributed by atoms with Crippen LogP contribution in [0.5, 0.6) is 0 Å². The van der Waals surface area contributed by atoms with E-state index in [2.05, 4.69) is 15.5 Å². The molecule has 3 aliphatic rings. The minimum Gasteiger partial charge on any atom is -0.360 e. The van der Waals surface area contributed by atoms with Crippen LogP contribution >= 0.6 is 23.8 Å². The molecule has 3 atom stereocenters. The summed E-state index contributed by atoms with van der Waals surface area (Å²) in [5.41, 5.74) is 0.988. The highest BCUT2D eigenvalue weighted by Gasteiger charge is 2.44. The summed E-state index contributed by atoms with van der Waals surface area (Å²) in [6, 6.07) is 10.6. The molecule has 0 amide bonds. The van der Waals surface area contributed by atoms with Gasteiger partial charge in [0.1, 0.15) is 0 Å². The van der Waals surface area contributed by atoms with Crippen molar-refractivity contribution in [2.45, 2.75) is 69.1 Å². The van der Waals surface area contributed by atoms with Crippen molar-refractivity contribution >= 4 is 34.6 Å². The zero-order valence-electron chi connectivity index (χ0n) is 13.3. The van der Waals surface area contributed by atoms with E-state index >= 15 is 0 Å². The van der Waals surface area contributed by atoms with Gasteiger partial charge in [-0.25, -0.2) is 0 Å². The lowest BCUT2D eigenvalue weighted by Crippen LogP contribution is -2.57. The monoisotopic (exact) mass is 349 g/mol. The summed E-state index contributed by atoms with van der Waals surface area (Å²) in [6.45, 7) is 0. The van der Waals surface area contributed by atoms with Crippen molar-refractivity contribution in [2.75, 3.05) is 5.32 Å². The first-order valence-electron chi connectivity index (χ1n) is 8.79. The predicted octanol–water partition coefficient (Wildman–Crippen LogP) is 4.17. The van der Waals surface area contributed by atoms with E-state index in [0.29, 0.717) is 6.04 Å². The summed E-state index contributed by atoms with van der Waals surface area (Å²) in [7, 11) is 0. The number of halogens is 1. The molecule has 0 spiro atoms. The third-order valence-corrected chi connectivity index (χ3v) is 5.91. The van der Waals surface area contributed by atoms with Crippen LogP contribution < -0.4 is 10.6 Å². The summed E-state index contributed by atoms with van der Waals surface area (Å²) < 4.78 is 0. The molecule has 0 aromatic heterocycles. The van der Waals surface area contributed by atoms with Crippen molar-refractivity contribution < 1.29 is 0 Å². The van der Waals surface area contributed by atoms with E-state index in [1.807, 2.05) is 24.3 Å². The SMILES string of the molecule is S=C(Nc1ccc(Cl)cc1)NC1C[C@H]2CCC[C@@H](C1)N2C1CC1. The molecule has 1 aromatic rings. The van der Waals surface area contributed by atoms with Gasteiger partial charge in [0.25, 0.3) is 0 Å². The Morgan fingerprint density at radius 1 is 1.00 bits per heavy atom. The molecular formula is C18H24ClN3S. The van der Waals surface area contributed by atoms with Gasteiger partial charge >= 0.3 is 0 Å². The van der Waals surface area contributed by atoms with E-state index in [9.17, 15) is 0 Å². The Morgan fingerprint density at radius 3 is 2.26 bits per heavy atom. The number of benzene rings is 1. The second-order valence-electron chi connectivity index (χ2n) is 7.19. The molecule has 3 nitrogen and oxygen atoms in total. The number of nitrogens with one attached hydrogen (secondary N) is 2. The molecule has 4 rings (SSSR count). The Hall–Kier alpha value is -0.840. The Bertz CT molecular complexity index is 558. The number of rotatable bonds is 3. The van der Waals surface area contributed by atoms with Crippen LogP contribution in [0.2, 0.25) is 5.02 Å². The van der Waals surface area contributed by atoms with Gasteiger partial charge in [-0.1, -0.05) is 18.0 Å². The standard InChI is InChI=1S/C18H24ClN3S/c19-12-4-6-13(7-5-12)20-18(23)21-14-10-16-2-1-3-17(11-14)22(16)15-8-9-15/h4-7,14-17H,1-3,8-11H2,(H2,20,21,23)/t14?,16-,17+. The minimum atomic E-state index is 0.507. The maximum absolute atomic E-state index is 5.92. The van der Waals surface area contributed by atoms with Gasteiger partial charge in [0, 0.05) is 34.9 Å². The largest absolute Gasteiger partial charge is 0.360 e. The van der Waals surface area contributed by atoms with Gasteiger partial charge < -0.3 is 10.6 Å². The fourth-order valence-corrected chi connectivity index (χ4v) is 4.80. The van der Waals surface area contributed by atoms with E-state index in [1.54, 1.807) is 0 Å². The average Bonchev–Trinajstić information content (AvgIpc) is 3.33. The maximum atomic E-state index is 5.92. The lowest BCUT2D eigenvalue weighted by molar-refractivity contribution is 0.0209. The number of fused-ring (bicyclic) bond motifs is 2. The molecule has 1 unspecified atom stereocenters. The zero-order chi connectivity index (χ0) is 15.8. The molecule has 2 N–H and O–H groups in total. The zero-order valence-corrected chi connectivity index (χ0v) is 14.9. The highest BCUT2D eigenvalue weighted by Crippen LogP contribution is 2.41. The first kappa shape index (κ1) is 15.7. The molecule has 2 bridgehead atoms. The van der Waals surface area contributed by atoms with Gasteiger partial charge in [-0.2, -0.15) is 0 Å². The van der Waals surface area contributed by atoms with E-state index in [0.717, 1.165) is 33.9 Å². The van der Waals surface area contributed by atoms with Crippen molar-refractivity contribution in [3.8, 4) is 0 Å². The Labute approximate surface area is 148 Å². The Kier molecular flexibility index (Phi) is 4.48. The lowest BCUT2D eigenvalue weighted by atomic mass is 9.81. The number of thiocarbonyl (C=S) groups is 1. The number of hydrogen-bond donors (Lipinski definition) is 2. The highest BCUT2D eigenvalue weighted by atomic mass is 35.5. The minimum absolute atomic E-state index is 0.507. The molecule has 0 radical (unpaired) electrons. The van der Waals surface area contributed by atoms with Crippen LogP contribution in [0, 0.1) is 0 Å². The van der Waals surface area contributed by atoms with Crippen molar-refractivity contribution in [2.24, 2.45) is 0 Å². The second-order valence-corrected chi connectivity index (χ2v) is 8.04. The van der Waals surface area contributed by atoms with E-state index in [4.69, 9.17) is 23.8 Å². The van der Waals surface area contributed by atoms with Crippen LogP contribution in [0.25, 0.3) is 0 Å². The quantitative estimate of drug-likeness (QED) is 0.801. The smallest absolute Gasteiger partial charge is 0.170 e. The number of hydrogen-bond acceptors (Lipinski definition) is 2. The summed E-state index contributed by atoms with van der Waals surface area (Å²) in [5, 5.41) is 8.30. The van der Waals surface area contributed by atoms with Crippen LogP contribution in [0.4, 0.5) is 5.69 Å². The first-order chi connectivity index (χ1) is 11.2. The van der Waals surface area contributed by atoms with E-state index < -0.39 is 0 Å². The normalized spacial score (nSPS) is 30.7. The molecule has 5 heteroatoms. The van der Waals surface area contributed by atoms with Crippen LogP contribution in [-0.4, -0.2) is 34.2 Å². The molecule has 2 heterocycles. The number of anilines is 1. The van der Waals surface area contributed by atoms with Gasteiger partial charge in [0.2, 0.25) is 0 Å². The molecule has 124 valence electrons. The lowest BCUT2D eigenvalue weighted by Gasteiger charge is -2.49. The molecule has 2 aliphatic heterocycles. The highest BCUT2D eigenvalue weighted by molar-refractivity contribution is 7.80. The van der Waals surface area contributed by atoms with E-state index in [1.165, 1.54) is 44.9 Å². The molecule has 1 aliphatic carbocycles. The second kappa shape index (κ2) is 6.58. The van der Waals surface area contributed by atoms with Crippen LogP contribution in [0.3, 0.4) is 0 Å². The number of piperidine rings is 2. The van der Waals surface area contributed by atoms with Gasteiger partial charge in [-0.15, -0.1) is 0 Å². The summed E-state index contributed by atoms with van der Waals surface area (Å²) in [5.74, 6) is 0. The predicted molar refractivity (Wildman–Crippen MR) is 100 cm³/mol. The third kappa shape index (κ3) is 3.65. The molecule has 23 heavy (non-hydrogen) atoms. The van der Waals surface area contributed by atoms with Crippen molar-refractivity contribution in [1.29, 1.82) is 0 Å². The van der Waals surface area contributed by atoms with Gasteiger partial charge in [0.05, 0.1) is 0 Å². The molecule has 1 saturated carbocycles. The van der Waals surface area contributed by atoms with Crippen LogP contribution in [-0.2, 0) is 0 Å². The van der Waals surface area contributed by atoms with Crippen molar-refractivity contribution in [3.63, 3.8) is 0 Å². The van der Waals surface area contributed by atoms with Crippen LogP contribution in [0.1, 0.15) is 44.9 Å². The number of nitrogens with zero attached hydrogens (tertiary/aromatic N) is 1. The molecule has 3 fully saturated rings. The summed E-state index contributed by atoms with van der Waals surface area (Å²) in [4.78, 5) is 2.84. The summed E-state index contributed by atoms with van der Waals surface area (Å²) >= 11 is 11.4. The van der Waals surface area contributed by atoms with E-state index in [-0.39, 0.29) is 0 Å². The van der Waals surface area contributed by atoms with Gasteiger partial charge in [0.15, 0.2) is 5.11 Å². The molecular weight excluding hydrogens is 326 g/mol. The Morgan fingerprint density at radius 2 is 1.65 bits per heavy atom. The summed E-state index contributed by atoms with van der Waals surface area (Å²) in [6.07, 6.45) is 9.43. The topological polar surface area (TPSA) is 27.3 Å². The fourth-order valence-electron chi connectivity index (χ4n) is 4.39. The van der Waals surface area contributed by atoms with Crippen LogP contribution in [0.15, 0.2) is 24.3 Å². The Balaban J connectivity index is 1.34.